The van der Waals surface area contributed by atoms with E-state index in [1.165, 1.54) is 0 Å². The monoisotopic (exact) mass is 313 g/mol. The van der Waals surface area contributed by atoms with Gasteiger partial charge in [-0.2, -0.15) is 0 Å². The van der Waals surface area contributed by atoms with Crippen molar-refractivity contribution in [1.82, 2.24) is 9.55 Å². The third kappa shape index (κ3) is 2.89. The molecule has 0 bridgehead atoms. The van der Waals surface area contributed by atoms with Gasteiger partial charge in [-0.25, -0.2) is 4.98 Å². The number of hydrogen-bond acceptors (Lipinski definition) is 2. The maximum Gasteiger partial charge on any atom is 0.0950 e. The molecule has 2 rings (SSSR count). The van der Waals surface area contributed by atoms with Crippen molar-refractivity contribution in [2.45, 2.75) is 19.5 Å². The minimum atomic E-state index is -0.252. The molecule has 1 aromatic carbocycles. The molecule has 1 atom stereocenters. The van der Waals surface area contributed by atoms with Gasteiger partial charge in [-0.3, -0.25) is 0 Å². The van der Waals surface area contributed by atoms with Gasteiger partial charge in [0.2, 0.25) is 0 Å². The van der Waals surface area contributed by atoms with E-state index in [2.05, 4.69) is 27.8 Å². The third-order valence-electron chi connectivity index (χ3n) is 2.58. The molecule has 1 heterocycles. The molecular weight excluding hydrogens is 302 g/mol. The molecule has 2 aromatic rings. The fourth-order valence-electron chi connectivity index (χ4n) is 1.64. The second-order valence-electron chi connectivity index (χ2n) is 3.81. The predicted molar refractivity (Wildman–Crippen MR) is 73.1 cm³/mol. The van der Waals surface area contributed by atoms with Gasteiger partial charge in [0.15, 0.2) is 0 Å². The number of imidazole rings is 1. The molecule has 2 N–H and O–H groups in total. The smallest absolute Gasteiger partial charge is 0.0950 e. The normalized spacial score (nSPS) is 12.7. The summed E-state index contributed by atoms with van der Waals surface area (Å²) in [5.74, 6) is 0. The summed E-state index contributed by atoms with van der Waals surface area (Å²) in [7, 11) is 0. The highest BCUT2D eigenvalue weighted by Gasteiger charge is 2.13. The Morgan fingerprint density at radius 2 is 2.24 bits per heavy atom. The minimum absolute atomic E-state index is 0.252. The fraction of sp³-hybridized carbons (Fsp3) is 0.250. The topological polar surface area (TPSA) is 43.8 Å². The van der Waals surface area contributed by atoms with Gasteiger partial charge in [-0.05, 0) is 30.7 Å². The van der Waals surface area contributed by atoms with Crippen LogP contribution in [0.4, 0.5) is 0 Å². The molecule has 1 unspecified atom stereocenters. The van der Waals surface area contributed by atoms with Crippen LogP contribution in [0.5, 0.6) is 0 Å². The minimum Gasteiger partial charge on any atom is -0.337 e. The summed E-state index contributed by atoms with van der Waals surface area (Å²) in [6.07, 6.45) is 3.74. The fourth-order valence-corrected chi connectivity index (χ4v) is 2.52. The molecule has 17 heavy (non-hydrogen) atoms. The van der Waals surface area contributed by atoms with Gasteiger partial charge in [0.25, 0.3) is 0 Å². The van der Waals surface area contributed by atoms with Gasteiger partial charge < -0.3 is 10.3 Å². The summed E-state index contributed by atoms with van der Waals surface area (Å²) in [6, 6.07) is 5.41. The van der Waals surface area contributed by atoms with Crippen LogP contribution in [0.1, 0.15) is 24.2 Å². The lowest BCUT2D eigenvalue weighted by Crippen LogP contribution is -2.12. The molecule has 90 valence electrons. The summed E-state index contributed by atoms with van der Waals surface area (Å²) in [6.45, 7) is 2.95. The lowest BCUT2D eigenvalue weighted by molar-refractivity contribution is 0.757. The van der Waals surface area contributed by atoms with Crippen molar-refractivity contribution >= 4 is 27.5 Å². The summed E-state index contributed by atoms with van der Waals surface area (Å²) in [5, 5.41) is 0.666. The first-order valence-corrected chi connectivity index (χ1v) is 6.50. The number of rotatable bonds is 3. The van der Waals surface area contributed by atoms with Gasteiger partial charge >= 0.3 is 0 Å². The molecule has 0 saturated heterocycles. The Balaban J connectivity index is 2.32. The van der Waals surface area contributed by atoms with Crippen LogP contribution in [0, 0.1) is 0 Å². The summed E-state index contributed by atoms with van der Waals surface area (Å²) in [5.41, 5.74) is 7.96. The first-order valence-electron chi connectivity index (χ1n) is 5.33. The Labute approximate surface area is 114 Å². The molecular formula is C12H13BrClN3. The van der Waals surface area contributed by atoms with Gasteiger partial charge in [0.05, 0.1) is 18.1 Å². The number of aryl methyl sites for hydroxylation is 1. The van der Waals surface area contributed by atoms with Crippen molar-refractivity contribution in [3.63, 3.8) is 0 Å². The predicted octanol–water partition coefficient (Wildman–Crippen LogP) is 3.37. The molecule has 3 nitrogen and oxygen atoms in total. The summed E-state index contributed by atoms with van der Waals surface area (Å²) < 4.78 is 2.92. The number of nitrogens with two attached hydrogens (primary N) is 1. The first kappa shape index (κ1) is 12.6. The molecule has 0 spiro atoms. The van der Waals surface area contributed by atoms with Crippen molar-refractivity contribution < 1.29 is 0 Å². The van der Waals surface area contributed by atoms with Crippen molar-refractivity contribution in [2.24, 2.45) is 5.73 Å². The Morgan fingerprint density at radius 1 is 1.47 bits per heavy atom. The molecule has 0 fully saturated rings. The molecule has 5 heteroatoms. The zero-order valence-electron chi connectivity index (χ0n) is 9.40. The second-order valence-corrected chi connectivity index (χ2v) is 5.16. The molecule has 0 amide bonds. The number of benzene rings is 1. The maximum absolute atomic E-state index is 6.17. The SMILES string of the molecule is CCn1cnc(C(N)c2cc(Cl)cc(Br)c2)c1. The van der Waals surface area contributed by atoms with E-state index in [0.717, 1.165) is 22.3 Å². The van der Waals surface area contributed by atoms with Crippen molar-refractivity contribution in [2.75, 3.05) is 0 Å². The zero-order valence-corrected chi connectivity index (χ0v) is 11.7. The molecule has 0 saturated carbocycles. The van der Waals surface area contributed by atoms with Crippen LogP contribution in [0.3, 0.4) is 0 Å². The van der Waals surface area contributed by atoms with Gasteiger partial charge in [-0.1, -0.05) is 27.5 Å². The quantitative estimate of drug-likeness (QED) is 0.944. The first-order chi connectivity index (χ1) is 8.10. The largest absolute Gasteiger partial charge is 0.337 e. The summed E-state index contributed by atoms with van der Waals surface area (Å²) >= 11 is 9.41. The van der Waals surface area contributed by atoms with Gasteiger partial charge in [0.1, 0.15) is 0 Å². The van der Waals surface area contributed by atoms with Crippen LogP contribution >= 0.6 is 27.5 Å². The van der Waals surface area contributed by atoms with E-state index in [-0.39, 0.29) is 6.04 Å². The Hall–Kier alpha value is -0.840. The van der Waals surface area contributed by atoms with E-state index in [9.17, 15) is 0 Å². The van der Waals surface area contributed by atoms with Crippen LogP contribution in [0.25, 0.3) is 0 Å². The van der Waals surface area contributed by atoms with E-state index in [0.29, 0.717) is 5.02 Å². The Kier molecular flexibility index (Phi) is 3.86. The lowest BCUT2D eigenvalue weighted by atomic mass is 10.1. The Bertz CT molecular complexity index is 504. The van der Waals surface area contributed by atoms with Crippen molar-refractivity contribution in [3.8, 4) is 0 Å². The summed E-state index contributed by atoms with van der Waals surface area (Å²) in [4.78, 5) is 4.30. The highest BCUT2D eigenvalue weighted by molar-refractivity contribution is 9.10. The van der Waals surface area contributed by atoms with Crippen LogP contribution in [-0.4, -0.2) is 9.55 Å². The number of hydrogen-bond donors (Lipinski definition) is 1. The maximum atomic E-state index is 6.17. The van der Waals surface area contributed by atoms with E-state index >= 15 is 0 Å². The number of halogens is 2. The van der Waals surface area contributed by atoms with Gasteiger partial charge in [0, 0.05) is 22.2 Å². The van der Waals surface area contributed by atoms with Crippen LogP contribution in [-0.2, 0) is 6.54 Å². The zero-order chi connectivity index (χ0) is 12.4. The van der Waals surface area contributed by atoms with Crippen LogP contribution in [0.15, 0.2) is 35.2 Å². The molecule has 0 aliphatic heterocycles. The molecule has 0 radical (unpaired) electrons. The number of nitrogens with zero attached hydrogens (tertiary/aromatic N) is 2. The average molecular weight is 315 g/mol. The van der Waals surface area contributed by atoms with Crippen LogP contribution < -0.4 is 5.73 Å². The second kappa shape index (κ2) is 5.21. The number of aromatic nitrogens is 2. The lowest BCUT2D eigenvalue weighted by Gasteiger charge is -2.10. The highest BCUT2D eigenvalue weighted by atomic mass is 79.9. The third-order valence-corrected chi connectivity index (χ3v) is 3.26. The van der Waals surface area contributed by atoms with E-state index in [4.69, 9.17) is 17.3 Å². The van der Waals surface area contributed by atoms with Crippen molar-refractivity contribution in [1.29, 1.82) is 0 Å². The molecule has 1 aromatic heterocycles. The molecule has 0 aliphatic rings. The van der Waals surface area contributed by atoms with E-state index in [1.54, 1.807) is 6.33 Å². The van der Waals surface area contributed by atoms with Gasteiger partial charge in [-0.15, -0.1) is 0 Å². The molecule has 0 aliphatic carbocycles. The highest BCUT2D eigenvalue weighted by Crippen LogP contribution is 2.25. The van der Waals surface area contributed by atoms with E-state index < -0.39 is 0 Å². The Morgan fingerprint density at radius 3 is 2.82 bits per heavy atom. The van der Waals surface area contributed by atoms with E-state index in [1.807, 2.05) is 29.0 Å². The average Bonchev–Trinajstić information content (AvgIpc) is 2.75. The standard InChI is InChI=1S/C12H13BrClN3/c1-2-17-6-11(16-7-17)12(15)8-3-9(13)5-10(14)4-8/h3-7,12H,2,15H2,1H3. The van der Waals surface area contributed by atoms with Crippen LogP contribution in [0.2, 0.25) is 5.02 Å². The van der Waals surface area contributed by atoms with Crippen molar-refractivity contribution in [3.05, 3.63) is 51.5 Å².